The van der Waals surface area contributed by atoms with Crippen LogP contribution in [0.2, 0.25) is 0 Å². The number of benzene rings is 1. The van der Waals surface area contributed by atoms with E-state index in [2.05, 4.69) is 44.9 Å². The Morgan fingerprint density at radius 3 is 2.50 bits per heavy atom. The molecule has 1 saturated carbocycles. The molecule has 1 unspecified atom stereocenters. The van der Waals surface area contributed by atoms with Crippen LogP contribution >= 0.6 is 0 Å². The fraction of sp³-hybridized carbons (Fsp3) is 0.542. The van der Waals surface area contributed by atoms with Crippen molar-refractivity contribution in [3.8, 4) is 5.88 Å². The van der Waals surface area contributed by atoms with Gasteiger partial charge in [-0.05, 0) is 49.7 Å². The number of piperidine rings is 1. The highest BCUT2D eigenvalue weighted by Gasteiger charge is 2.33. The lowest BCUT2D eigenvalue weighted by Crippen LogP contribution is -2.52. The molecule has 2 atom stereocenters. The van der Waals surface area contributed by atoms with Gasteiger partial charge < -0.3 is 14.7 Å². The molecule has 1 aliphatic heterocycles. The molecule has 0 amide bonds. The minimum Gasteiger partial charge on any atom is -0.493 e. The van der Waals surface area contributed by atoms with Crippen molar-refractivity contribution in [3.63, 3.8) is 0 Å². The van der Waals surface area contributed by atoms with E-state index >= 15 is 0 Å². The molecule has 1 aromatic carbocycles. The van der Waals surface area contributed by atoms with Gasteiger partial charge in [0.05, 0.1) is 19.0 Å². The SMILES string of the molecule is CS(=O)(=O)NC1CCN(c2cccc(O)n2)C[C@H]1COC1CCC(c2ccccc2)CC1. The second-order valence-electron chi connectivity index (χ2n) is 9.06. The fourth-order valence-electron chi connectivity index (χ4n) is 4.98. The van der Waals surface area contributed by atoms with Crippen LogP contribution in [0.5, 0.6) is 5.88 Å². The lowest BCUT2D eigenvalue weighted by atomic mass is 9.82. The molecular weight excluding hydrogens is 426 g/mol. The van der Waals surface area contributed by atoms with Gasteiger partial charge in [0, 0.05) is 31.1 Å². The summed E-state index contributed by atoms with van der Waals surface area (Å²) in [6, 6.07) is 15.7. The van der Waals surface area contributed by atoms with Crippen LogP contribution in [0, 0.1) is 5.92 Å². The van der Waals surface area contributed by atoms with Crippen molar-refractivity contribution in [1.82, 2.24) is 9.71 Å². The van der Waals surface area contributed by atoms with Gasteiger partial charge in [-0.25, -0.2) is 13.1 Å². The van der Waals surface area contributed by atoms with E-state index < -0.39 is 10.0 Å². The second-order valence-corrected chi connectivity index (χ2v) is 10.8. The highest BCUT2D eigenvalue weighted by molar-refractivity contribution is 7.88. The van der Waals surface area contributed by atoms with Gasteiger partial charge in [-0.2, -0.15) is 4.98 Å². The molecule has 0 spiro atoms. The van der Waals surface area contributed by atoms with Gasteiger partial charge in [0.15, 0.2) is 0 Å². The lowest BCUT2D eigenvalue weighted by molar-refractivity contribution is -0.00213. The quantitative estimate of drug-likeness (QED) is 0.660. The highest BCUT2D eigenvalue weighted by Crippen LogP contribution is 2.34. The first-order chi connectivity index (χ1) is 15.4. The van der Waals surface area contributed by atoms with E-state index in [9.17, 15) is 13.5 Å². The van der Waals surface area contributed by atoms with Crippen molar-refractivity contribution in [3.05, 3.63) is 54.1 Å². The summed E-state index contributed by atoms with van der Waals surface area (Å²) >= 11 is 0. The average molecular weight is 460 g/mol. The first kappa shape index (κ1) is 23.0. The third-order valence-electron chi connectivity index (χ3n) is 6.63. The standard InChI is InChI=1S/C24H33N3O4S/c1-32(29,30)26-22-14-15-27(23-8-5-9-24(28)25-23)16-20(22)17-31-21-12-10-19(11-13-21)18-6-3-2-4-7-18/h2-9,19-22,26H,10-17H2,1H3,(H,25,28)/t19?,20-,21?,22?/m0/s1. The topological polar surface area (TPSA) is 91.8 Å². The molecule has 7 nitrogen and oxygen atoms in total. The monoisotopic (exact) mass is 459 g/mol. The summed E-state index contributed by atoms with van der Waals surface area (Å²) in [5.41, 5.74) is 1.41. The third kappa shape index (κ3) is 6.21. The number of nitrogens with zero attached hydrogens (tertiary/aromatic N) is 2. The number of hydrogen-bond acceptors (Lipinski definition) is 6. The van der Waals surface area contributed by atoms with Crippen LogP contribution in [0.1, 0.15) is 43.6 Å². The number of pyridine rings is 1. The Morgan fingerprint density at radius 2 is 1.81 bits per heavy atom. The molecule has 2 N–H and O–H groups in total. The largest absolute Gasteiger partial charge is 0.493 e. The summed E-state index contributed by atoms with van der Waals surface area (Å²) in [6.07, 6.45) is 6.36. The highest BCUT2D eigenvalue weighted by atomic mass is 32.2. The van der Waals surface area contributed by atoms with Crippen molar-refractivity contribution in [1.29, 1.82) is 0 Å². The predicted octanol–water partition coefficient (Wildman–Crippen LogP) is 3.27. The second kappa shape index (κ2) is 10.2. The van der Waals surface area contributed by atoms with Crippen molar-refractivity contribution < 1.29 is 18.3 Å². The van der Waals surface area contributed by atoms with Crippen molar-refractivity contribution in [2.24, 2.45) is 5.92 Å². The van der Waals surface area contributed by atoms with Gasteiger partial charge in [0.25, 0.3) is 0 Å². The Hall–Kier alpha value is -2.16. The van der Waals surface area contributed by atoms with Crippen LogP contribution < -0.4 is 9.62 Å². The molecular formula is C24H33N3O4S. The molecule has 32 heavy (non-hydrogen) atoms. The third-order valence-corrected chi connectivity index (χ3v) is 7.37. The normalized spacial score (nSPS) is 26.7. The molecule has 2 heterocycles. The van der Waals surface area contributed by atoms with Gasteiger partial charge in [0.2, 0.25) is 15.9 Å². The van der Waals surface area contributed by atoms with E-state index in [1.807, 2.05) is 6.07 Å². The van der Waals surface area contributed by atoms with Crippen LogP contribution in [-0.2, 0) is 14.8 Å². The van der Waals surface area contributed by atoms with E-state index in [1.165, 1.54) is 11.8 Å². The molecule has 8 heteroatoms. The minimum absolute atomic E-state index is 0.00877. The fourth-order valence-corrected chi connectivity index (χ4v) is 5.84. The number of aromatic hydroxyl groups is 1. The van der Waals surface area contributed by atoms with Gasteiger partial charge in [0.1, 0.15) is 5.82 Å². The van der Waals surface area contributed by atoms with Crippen molar-refractivity contribution >= 4 is 15.8 Å². The lowest BCUT2D eigenvalue weighted by Gasteiger charge is -2.40. The molecule has 4 rings (SSSR count). The van der Waals surface area contributed by atoms with Gasteiger partial charge >= 0.3 is 0 Å². The maximum absolute atomic E-state index is 11.9. The van der Waals surface area contributed by atoms with E-state index in [1.54, 1.807) is 12.1 Å². The number of sulfonamides is 1. The molecule has 2 aromatic rings. The first-order valence-corrected chi connectivity index (χ1v) is 13.3. The van der Waals surface area contributed by atoms with Gasteiger partial charge in [-0.15, -0.1) is 0 Å². The molecule has 174 valence electrons. The van der Waals surface area contributed by atoms with Crippen LogP contribution in [0.3, 0.4) is 0 Å². The number of ether oxygens (including phenoxy) is 1. The molecule has 2 aliphatic rings. The van der Waals surface area contributed by atoms with Crippen LogP contribution in [0.15, 0.2) is 48.5 Å². The van der Waals surface area contributed by atoms with Crippen LogP contribution in [-0.4, -0.2) is 56.6 Å². The number of aromatic nitrogens is 1. The Bertz CT molecular complexity index is 978. The summed E-state index contributed by atoms with van der Waals surface area (Å²) in [6.45, 7) is 1.80. The summed E-state index contributed by atoms with van der Waals surface area (Å²) in [4.78, 5) is 6.32. The predicted molar refractivity (Wildman–Crippen MR) is 125 cm³/mol. The van der Waals surface area contributed by atoms with Crippen molar-refractivity contribution in [2.45, 2.75) is 50.2 Å². The Balaban J connectivity index is 1.36. The maximum atomic E-state index is 11.9. The number of nitrogens with one attached hydrogen (secondary N) is 1. The summed E-state index contributed by atoms with van der Waals surface area (Å²) in [5, 5.41) is 9.74. The zero-order valence-corrected chi connectivity index (χ0v) is 19.4. The Morgan fingerprint density at radius 1 is 1.06 bits per heavy atom. The molecule has 0 bridgehead atoms. The Kier molecular flexibility index (Phi) is 7.33. The van der Waals surface area contributed by atoms with E-state index in [-0.39, 0.29) is 23.9 Å². The maximum Gasteiger partial charge on any atom is 0.212 e. The number of anilines is 1. The van der Waals surface area contributed by atoms with E-state index in [0.717, 1.165) is 25.7 Å². The van der Waals surface area contributed by atoms with Gasteiger partial charge in [-0.3, -0.25) is 0 Å². The van der Waals surface area contributed by atoms with Crippen molar-refractivity contribution in [2.75, 3.05) is 30.9 Å². The molecule has 1 saturated heterocycles. The smallest absolute Gasteiger partial charge is 0.212 e. The zero-order valence-electron chi connectivity index (χ0n) is 18.6. The molecule has 2 fully saturated rings. The molecule has 1 aromatic heterocycles. The summed E-state index contributed by atoms with van der Waals surface area (Å²) in [7, 11) is -3.31. The van der Waals surface area contributed by atoms with Crippen LogP contribution in [0.25, 0.3) is 0 Å². The number of hydrogen-bond donors (Lipinski definition) is 2. The minimum atomic E-state index is -3.31. The molecule has 1 aliphatic carbocycles. The summed E-state index contributed by atoms with van der Waals surface area (Å²) < 4.78 is 32.9. The zero-order chi connectivity index (χ0) is 22.6. The number of rotatable bonds is 7. The van der Waals surface area contributed by atoms with Gasteiger partial charge in [-0.1, -0.05) is 36.4 Å². The summed E-state index contributed by atoms with van der Waals surface area (Å²) in [5.74, 6) is 1.30. The molecule has 0 radical (unpaired) electrons. The Labute approximate surface area is 190 Å². The van der Waals surface area contributed by atoms with Crippen LogP contribution in [0.4, 0.5) is 5.82 Å². The van der Waals surface area contributed by atoms with E-state index in [0.29, 0.717) is 37.9 Å². The first-order valence-electron chi connectivity index (χ1n) is 11.4. The average Bonchev–Trinajstić information content (AvgIpc) is 2.78. The van der Waals surface area contributed by atoms with E-state index in [4.69, 9.17) is 4.74 Å².